The number of imidazole rings is 1. The highest BCUT2D eigenvalue weighted by Crippen LogP contribution is 2.31. The van der Waals surface area contributed by atoms with E-state index in [9.17, 15) is 4.79 Å². The number of carbonyl (C=O) groups excluding carboxylic acids is 1. The second kappa shape index (κ2) is 7.96. The molecule has 0 atom stereocenters. The predicted octanol–water partition coefficient (Wildman–Crippen LogP) is 1.40. The lowest BCUT2D eigenvalue weighted by molar-refractivity contribution is 0.0238. The van der Waals surface area contributed by atoms with Gasteiger partial charge in [0.25, 0.3) is 5.91 Å². The molecule has 1 aromatic heterocycles. The SMILES string of the molecule is O=C(NC1(CN2CCOCC2)CCCC1)c1ccc2c(c1)ncn2CCO. The number of aromatic nitrogens is 2. The summed E-state index contributed by atoms with van der Waals surface area (Å²) in [6, 6.07) is 5.61. The fraction of sp³-hybridized carbons (Fsp3) is 0.600. The quantitative estimate of drug-likeness (QED) is 0.801. The first-order valence-corrected chi connectivity index (χ1v) is 9.87. The molecule has 0 bridgehead atoms. The lowest BCUT2D eigenvalue weighted by atomic mass is 9.95. The molecule has 7 heteroatoms. The van der Waals surface area contributed by atoms with Crippen molar-refractivity contribution in [2.75, 3.05) is 39.5 Å². The fourth-order valence-electron chi connectivity index (χ4n) is 4.37. The number of morpholine rings is 1. The van der Waals surface area contributed by atoms with Crippen LogP contribution < -0.4 is 5.32 Å². The van der Waals surface area contributed by atoms with E-state index in [4.69, 9.17) is 9.84 Å². The molecule has 2 aromatic rings. The second-order valence-electron chi connectivity index (χ2n) is 7.70. The van der Waals surface area contributed by atoms with Crippen molar-refractivity contribution in [3.63, 3.8) is 0 Å². The molecule has 0 spiro atoms. The Bertz CT molecular complexity index is 792. The van der Waals surface area contributed by atoms with E-state index in [2.05, 4.69) is 15.2 Å². The average molecular weight is 372 g/mol. The molecule has 1 aliphatic heterocycles. The highest BCUT2D eigenvalue weighted by Gasteiger charge is 2.37. The molecule has 7 nitrogen and oxygen atoms in total. The molecule has 2 fully saturated rings. The van der Waals surface area contributed by atoms with E-state index >= 15 is 0 Å². The smallest absolute Gasteiger partial charge is 0.251 e. The lowest BCUT2D eigenvalue weighted by Crippen LogP contribution is -2.55. The Morgan fingerprint density at radius 1 is 1.26 bits per heavy atom. The van der Waals surface area contributed by atoms with Crippen LogP contribution in [0.1, 0.15) is 36.0 Å². The number of amides is 1. The van der Waals surface area contributed by atoms with E-state index in [0.29, 0.717) is 12.1 Å². The van der Waals surface area contributed by atoms with Gasteiger partial charge in [-0.25, -0.2) is 4.98 Å². The van der Waals surface area contributed by atoms with Crippen molar-refractivity contribution in [2.24, 2.45) is 0 Å². The molecular weight excluding hydrogens is 344 g/mol. The molecule has 1 aromatic carbocycles. The van der Waals surface area contributed by atoms with Crippen LogP contribution in [0.25, 0.3) is 11.0 Å². The van der Waals surface area contributed by atoms with E-state index in [1.807, 2.05) is 22.8 Å². The molecule has 1 saturated carbocycles. The van der Waals surface area contributed by atoms with E-state index in [1.165, 1.54) is 0 Å². The Morgan fingerprint density at radius 3 is 2.78 bits per heavy atom. The van der Waals surface area contributed by atoms with Gasteiger partial charge < -0.3 is 19.7 Å². The topological polar surface area (TPSA) is 79.6 Å². The van der Waals surface area contributed by atoms with E-state index in [1.54, 1.807) is 6.33 Å². The summed E-state index contributed by atoms with van der Waals surface area (Å²) in [5.74, 6) is -0.0243. The van der Waals surface area contributed by atoms with Gasteiger partial charge >= 0.3 is 0 Å². The summed E-state index contributed by atoms with van der Waals surface area (Å²) in [6.07, 6.45) is 6.09. The van der Waals surface area contributed by atoms with Crippen molar-refractivity contribution < 1.29 is 14.6 Å². The molecule has 2 N–H and O–H groups in total. The normalized spacial score (nSPS) is 20.2. The monoisotopic (exact) mass is 372 g/mol. The van der Waals surface area contributed by atoms with Crippen LogP contribution in [0.5, 0.6) is 0 Å². The number of hydrogen-bond acceptors (Lipinski definition) is 5. The zero-order chi connectivity index (χ0) is 18.7. The molecule has 146 valence electrons. The Kier molecular flexibility index (Phi) is 5.43. The highest BCUT2D eigenvalue weighted by atomic mass is 16.5. The van der Waals surface area contributed by atoms with Gasteiger partial charge in [0.1, 0.15) is 0 Å². The third-order valence-electron chi connectivity index (χ3n) is 5.79. The summed E-state index contributed by atoms with van der Waals surface area (Å²) < 4.78 is 7.35. The summed E-state index contributed by atoms with van der Waals surface area (Å²) in [7, 11) is 0. The molecule has 1 amide bonds. The number of nitrogens with one attached hydrogen (secondary N) is 1. The molecular formula is C20H28N4O3. The second-order valence-corrected chi connectivity index (χ2v) is 7.70. The minimum Gasteiger partial charge on any atom is -0.395 e. The summed E-state index contributed by atoms with van der Waals surface area (Å²) in [5.41, 5.74) is 2.22. The summed E-state index contributed by atoms with van der Waals surface area (Å²) in [6.45, 7) is 4.89. The van der Waals surface area contributed by atoms with Crippen LogP contribution >= 0.6 is 0 Å². The Morgan fingerprint density at radius 2 is 2.04 bits per heavy atom. The number of carbonyl (C=O) groups is 1. The maximum atomic E-state index is 13.0. The number of ether oxygens (including phenoxy) is 1. The van der Waals surface area contributed by atoms with E-state index < -0.39 is 0 Å². The molecule has 1 saturated heterocycles. The van der Waals surface area contributed by atoms with Crippen molar-refractivity contribution in [3.8, 4) is 0 Å². The molecule has 1 aliphatic carbocycles. The first kappa shape index (κ1) is 18.4. The summed E-state index contributed by atoms with van der Waals surface area (Å²) >= 11 is 0. The largest absolute Gasteiger partial charge is 0.395 e. The molecule has 2 heterocycles. The fourth-order valence-corrected chi connectivity index (χ4v) is 4.37. The van der Waals surface area contributed by atoms with Gasteiger partial charge in [-0.05, 0) is 31.0 Å². The number of benzene rings is 1. The third kappa shape index (κ3) is 4.00. The maximum Gasteiger partial charge on any atom is 0.251 e. The standard InChI is InChI=1S/C20H28N4O3/c25-10-7-24-15-21-17-13-16(3-4-18(17)24)19(26)22-20(5-1-2-6-20)14-23-8-11-27-12-9-23/h3-4,13,15,25H,1-2,5-12,14H2,(H,22,26). The maximum absolute atomic E-state index is 13.0. The first-order valence-electron chi connectivity index (χ1n) is 9.87. The van der Waals surface area contributed by atoms with Crippen molar-refractivity contribution >= 4 is 16.9 Å². The number of nitrogens with zero attached hydrogens (tertiary/aromatic N) is 3. The van der Waals surface area contributed by atoms with Gasteiger partial charge in [0.2, 0.25) is 0 Å². The molecule has 0 unspecified atom stereocenters. The minimum atomic E-state index is -0.139. The Labute approximate surface area is 159 Å². The number of aliphatic hydroxyl groups excluding tert-OH is 1. The molecule has 2 aliphatic rings. The zero-order valence-corrected chi connectivity index (χ0v) is 15.7. The summed E-state index contributed by atoms with van der Waals surface area (Å²) in [4.78, 5) is 19.8. The van der Waals surface area contributed by atoms with Crippen LogP contribution in [0.4, 0.5) is 0 Å². The van der Waals surface area contributed by atoms with E-state index in [0.717, 1.165) is 69.6 Å². The van der Waals surface area contributed by atoms with Gasteiger partial charge in [-0.2, -0.15) is 0 Å². The lowest BCUT2D eigenvalue weighted by Gasteiger charge is -2.37. The van der Waals surface area contributed by atoms with Gasteiger partial charge in [0.15, 0.2) is 0 Å². The Hall–Kier alpha value is -1.96. The number of rotatable bonds is 6. The molecule has 27 heavy (non-hydrogen) atoms. The van der Waals surface area contributed by atoms with Crippen molar-refractivity contribution in [2.45, 2.75) is 37.8 Å². The molecule has 4 rings (SSSR count). The Balaban J connectivity index is 1.49. The van der Waals surface area contributed by atoms with Crippen LogP contribution in [-0.4, -0.2) is 70.5 Å². The number of fused-ring (bicyclic) bond motifs is 1. The van der Waals surface area contributed by atoms with Gasteiger partial charge in [0, 0.05) is 31.7 Å². The zero-order valence-electron chi connectivity index (χ0n) is 15.7. The third-order valence-corrected chi connectivity index (χ3v) is 5.79. The van der Waals surface area contributed by atoms with Gasteiger partial charge in [0.05, 0.1) is 42.7 Å². The first-order chi connectivity index (χ1) is 13.2. The van der Waals surface area contributed by atoms with Crippen LogP contribution in [0.15, 0.2) is 24.5 Å². The highest BCUT2D eigenvalue weighted by molar-refractivity contribution is 5.97. The summed E-state index contributed by atoms with van der Waals surface area (Å²) in [5, 5.41) is 12.5. The average Bonchev–Trinajstić information content (AvgIpc) is 3.30. The van der Waals surface area contributed by atoms with Crippen LogP contribution in [-0.2, 0) is 11.3 Å². The van der Waals surface area contributed by atoms with Gasteiger partial charge in [-0.3, -0.25) is 9.69 Å². The van der Waals surface area contributed by atoms with Crippen LogP contribution in [0.2, 0.25) is 0 Å². The van der Waals surface area contributed by atoms with Crippen LogP contribution in [0.3, 0.4) is 0 Å². The minimum absolute atomic E-state index is 0.0243. The van der Waals surface area contributed by atoms with Gasteiger partial charge in [-0.1, -0.05) is 12.8 Å². The van der Waals surface area contributed by atoms with Gasteiger partial charge in [-0.15, -0.1) is 0 Å². The van der Waals surface area contributed by atoms with E-state index in [-0.39, 0.29) is 18.1 Å². The predicted molar refractivity (Wildman–Crippen MR) is 103 cm³/mol. The van der Waals surface area contributed by atoms with Crippen molar-refractivity contribution in [1.29, 1.82) is 0 Å². The van der Waals surface area contributed by atoms with Crippen LogP contribution in [0, 0.1) is 0 Å². The van der Waals surface area contributed by atoms with Crippen molar-refractivity contribution in [1.82, 2.24) is 19.8 Å². The molecule has 0 radical (unpaired) electrons. The number of hydrogen-bond donors (Lipinski definition) is 2. The number of aliphatic hydroxyl groups is 1. The van der Waals surface area contributed by atoms with Crippen molar-refractivity contribution in [3.05, 3.63) is 30.1 Å².